The number of carbonyl (C=O) groups is 1. The summed E-state index contributed by atoms with van der Waals surface area (Å²) >= 11 is 0. The van der Waals surface area contributed by atoms with Crippen molar-refractivity contribution in [3.8, 4) is 0 Å². The zero-order valence-corrected chi connectivity index (χ0v) is 11.7. The smallest absolute Gasteiger partial charge is 0.416 e. The van der Waals surface area contributed by atoms with Crippen LogP contribution < -0.4 is 5.32 Å². The minimum absolute atomic E-state index is 0.243. The molecule has 1 aliphatic heterocycles. The first kappa shape index (κ1) is 15.8. The molecule has 1 aromatic carbocycles. The highest BCUT2D eigenvalue weighted by Crippen LogP contribution is 2.35. The van der Waals surface area contributed by atoms with Crippen LogP contribution in [0.2, 0.25) is 0 Å². The largest absolute Gasteiger partial charge is 0.466 e. The van der Waals surface area contributed by atoms with Crippen LogP contribution in [0.15, 0.2) is 24.3 Å². The molecule has 1 heterocycles. The highest BCUT2D eigenvalue weighted by atomic mass is 19.4. The number of alkyl halides is 3. The first-order valence-corrected chi connectivity index (χ1v) is 6.98. The summed E-state index contributed by atoms with van der Waals surface area (Å²) in [5.41, 5.74) is -0.134. The van der Waals surface area contributed by atoms with E-state index in [1.807, 2.05) is 0 Å². The third-order valence-corrected chi connectivity index (χ3v) is 3.71. The van der Waals surface area contributed by atoms with Gasteiger partial charge in [0.2, 0.25) is 0 Å². The van der Waals surface area contributed by atoms with Gasteiger partial charge in [-0.25, -0.2) is 0 Å². The molecule has 1 aromatic rings. The van der Waals surface area contributed by atoms with Gasteiger partial charge in [0, 0.05) is 6.54 Å². The zero-order valence-electron chi connectivity index (χ0n) is 11.7. The molecule has 21 heavy (non-hydrogen) atoms. The fourth-order valence-electron chi connectivity index (χ4n) is 2.70. The second kappa shape index (κ2) is 6.47. The number of ether oxygens (including phenoxy) is 1. The monoisotopic (exact) mass is 301 g/mol. The van der Waals surface area contributed by atoms with E-state index in [9.17, 15) is 18.0 Å². The minimum atomic E-state index is -4.37. The SMILES string of the molecule is CCOC(=O)[C@@H]1CNCC[C@@H]1c1cccc(C(F)(F)F)c1. The number of rotatable bonds is 3. The normalized spacial score (nSPS) is 22.9. The highest BCUT2D eigenvalue weighted by molar-refractivity contribution is 5.74. The van der Waals surface area contributed by atoms with Crippen molar-refractivity contribution in [1.82, 2.24) is 5.32 Å². The van der Waals surface area contributed by atoms with E-state index < -0.39 is 17.7 Å². The molecule has 116 valence electrons. The molecule has 0 aromatic heterocycles. The topological polar surface area (TPSA) is 38.3 Å². The van der Waals surface area contributed by atoms with Crippen molar-refractivity contribution in [1.29, 1.82) is 0 Å². The Bertz CT molecular complexity index is 502. The Morgan fingerprint density at radius 2 is 2.19 bits per heavy atom. The third kappa shape index (κ3) is 3.75. The molecule has 6 heteroatoms. The summed E-state index contributed by atoms with van der Waals surface area (Å²) in [6, 6.07) is 5.23. The molecule has 0 unspecified atom stereocenters. The van der Waals surface area contributed by atoms with E-state index in [-0.39, 0.29) is 18.5 Å². The van der Waals surface area contributed by atoms with Gasteiger partial charge in [0.1, 0.15) is 0 Å². The van der Waals surface area contributed by atoms with E-state index in [1.165, 1.54) is 6.07 Å². The summed E-state index contributed by atoms with van der Waals surface area (Å²) in [6.45, 7) is 3.09. The Morgan fingerprint density at radius 3 is 2.86 bits per heavy atom. The summed E-state index contributed by atoms with van der Waals surface area (Å²) in [6.07, 6.45) is -3.76. The van der Waals surface area contributed by atoms with Crippen LogP contribution in [0.4, 0.5) is 13.2 Å². The van der Waals surface area contributed by atoms with Crippen LogP contribution in [0.5, 0.6) is 0 Å². The van der Waals surface area contributed by atoms with E-state index in [2.05, 4.69) is 5.32 Å². The molecule has 2 atom stereocenters. The summed E-state index contributed by atoms with van der Waals surface area (Å²) in [4.78, 5) is 12.0. The average molecular weight is 301 g/mol. The Balaban J connectivity index is 2.27. The predicted octanol–water partition coefficient (Wildman–Crippen LogP) is 2.96. The lowest BCUT2D eigenvalue weighted by molar-refractivity contribution is -0.149. The van der Waals surface area contributed by atoms with Crippen molar-refractivity contribution in [3.05, 3.63) is 35.4 Å². The van der Waals surface area contributed by atoms with Crippen LogP contribution in [0, 0.1) is 5.92 Å². The van der Waals surface area contributed by atoms with Gasteiger partial charge >= 0.3 is 12.1 Å². The van der Waals surface area contributed by atoms with Crippen molar-refractivity contribution in [2.45, 2.75) is 25.4 Å². The molecule has 1 fully saturated rings. The van der Waals surface area contributed by atoms with E-state index in [4.69, 9.17) is 4.74 Å². The van der Waals surface area contributed by atoms with E-state index in [1.54, 1.807) is 13.0 Å². The van der Waals surface area contributed by atoms with Crippen molar-refractivity contribution in [3.63, 3.8) is 0 Å². The summed E-state index contributed by atoms with van der Waals surface area (Å²) < 4.78 is 43.5. The Labute approximate surface area is 121 Å². The molecular weight excluding hydrogens is 283 g/mol. The van der Waals surface area contributed by atoms with Gasteiger partial charge in [0.15, 0.2) is 0 Å². The molecule has 0 aliphatic carbocycles. The number of nitrogens with one attached hydrogen (secondary N) is 1. The third-order valence-electron chi connectivity index (χ3n) is 3.71. The molecule has 1 N–H and O–H groups in total. The molecule has 3 nitrogen and oxygen atoms in total. The highest BCUT2D eigenvalue weighted by Gasteiger charge is 2.35. The van der Waals surface area contributed by atoms with Crippen LogP contribution in [0.25, 0.3) is 0 Å². The van der Waals surface area contributed by atoms with Gasteiger partial charge in [-0.1, -0.05) is 18.2 Å². The first-order valence-electron chi connectivity index (χ1n) is 6.98. The number of piperidine rings is 1. The summed E-state index contributed by atoms with van der Waals surface area (Å²) in [5, 5.41) is 3.10. The van der Waals surface area contributed by atoms with Crippen LogP contribution >= 0.6 is 0 Å². The lowest BCUT2D eigenvalue weighted by Gasteiger charge is -2.31. The molecule has 0 radical (unpaired) electrons. The van der Waals surface area contributed by atoms with Crippen molar-refractivity contribution in [2.24, 2.45) is 5.92 Å². The predicted molar refractivity (Wildman–Crippen MR) is 71.8 cm³/mol. The molecular formula is C15H18F3NO2. The minimum Gasteiger partial charge on any atom is -0.466 e. The average Bonchev–Trinajstić information content (AvgIpc) is 2.47. The number of hydrogen-bond acceptors (Lipinski definition) is 3. The maximum absolute atomic E-state index is 12.8. The van der Waals surface area contributed by atoms with Gasteiger partial charge in [-0.2, -0.15) is 13.2 Å². The maximum atomic E-state index is 12.8. The van der Waals surface area contributed by atoms with Gasteiger partial charge in [0.25, 0.3) is 0 Å². The number of benzene rings is 1. The molecule has 2 rings (SSSR count). The Morgan fingerprint density at radius 1 is 1.43 bits per heavy atom. The van der Waals surface area contributed by atoms with Crippen molar-refractivity contribution in [2.75, 3.05) is 19.7 Å². The van der Waals surface area contributed by atoms with Gasteiger partial charge in [-0.05, 0) is 37.4 Å². The molecule has 0 amide bonds. The van der Waals surface area contributed by atoms with Crippen molar-refractivity contribution >= 4 is 5.97 Å². The summed E-state index contributed by atoms with van der Waals surface area (Å²) in [7, 11) is 0. The van der Waals surface area contributed by atoms with E-state index in [0.717, 1.165) is 12.1 Å². The van der Waals surface area contributed by atoms with Gasteiger partial charge in [-0.15, -0.1) is 0 Å². The van der Waals surface area contributed by atoms with Crippen LogP contribution in [-0.4, -0.2) is 25.7 Å². The molecule has 0 saturated carbocycles. The van der Waals surface area contributed by atoms with Crippen LogP contribution in [0.1, 0.15) is 30.4 Å². The molecule has 1 aliphatic rings. The number of halogens is 3. The quantitative estimate of drug-likeness (QED) is 0.872. The Hall–Kier alpha value is -1.56. The van der Waals surface area contributed by atoms with Crippen LogP contribution in [0.3, 0.4) is 0 Å². The second-order valence-electron chi connectivity index (χ2n) is 5.08. The van der Waals surface area contributed by atoms with Crippen LogP contribution in [-0.2, 0) is 15.7 Å². The van der Waals surface area contributed by atoms with Gasteiger partial charge in [0.05, 0.1) is 18.1 Å². The number of carbonyl (C=O) groups excluding carboxylic acids is 1. The fraction of sp³-hybridized carbons (Fsp3) is 0.533. The molecule has 0 spiro atoms. The van der Waals surface area contributed by atoms with Gasteiger partial charge in [-0.3, -0.25) is 4.79 Å². The Kier molecular flexibility index (Phi) is 4.88. The summed E-state index contributed by atoms with van der Waals surface area (Å²) in [5.74, 6) is -1.04. The van der Waals surface area contributed by atoms with E-state index in [0.29, 0.717) is 25.1 Å². The lowest BCUT2D eigenvalue weighted by atomic mass is 9.80. The van der Waals surface area contributed by atoms with E-state index >= 15 is 0 Å². The maximum Gasteiger partial charge on any atom is 0.416 e. The van der Waals surface area contributed by atoms with Gasteiger partial charge < -0.3 is 10.1 Å². The number of esters is 1. The molecule has 0 bridgehead atoms. The fourth-order valence-corrected chi connectivity index (χ4v) is 2.70. The lowest BCUT2D eigenvalue weighted by Crippen LogP contribution is -2.40. The molecule has 1 saturated heterocycles. The first-order chi connectivity index (χ1) is 9.93. The zero-order chi connectivity index (χ0) is 15.5. The standard InChI is InChI=1S/C15H18F3NO2/c1-2-21-14(20)13-9-19-7-6-12(13)10-4-3-5-11(8-10)15(16,17)18/h3-5,8,12-13,19H,2,6-7,9H2,1H3/t12-,13-/m1/s1. The number of hydrogen-bond donors (Lipinski definition) is 1. The van der Waals surface area contributed by atoms with Crippen molar-refractivity contribution < 1.29 is 22.7 Å². The second-order valence-corrected chi connectivity index (χ2v) is 5.08.